The molecular weight excluding hydrogens is 464 g/mol. The van der Waals surface area contributed by atoms with E-state index in [-0.39, 0.29) is 22.9 Å². The standard InChI is InChI=1S/C23H28N2O8S/c1-30-18-7-9-19(10-8-18)32-16-23(27)33-15-22(26)24-17-6-11-20(31-2)21(14-17)34(28,29)25-12-4-3-5-13-25/h6-11,14H,3-5,12-13,15-16H2,1-2H3,(H,24,26). The molecule has 1 saturated heterocycles. The number of rotatable bonds is 10. The molecule has 1 heterocycles. The number of anilines is 1. The van der Waals surface area contributed by atoms with Crippen LogP contribution in [-0.4, -0.2) is 65.1 Å². The fraction of sp³-hybridized carbons (Fsp3) is 0.391. The Morgan fingerprint density at radius 2 is 1.59 bits per heavy atom. The van der Waals surface area contributed by atoms with Gasteiger partial charge >= 0.3 is 5.97 Å². The first-order valence-electron chi connectivity index (χ1n) is 10.7. The molecule has 1 amide bonds. The maximum atomic E-state index is 13.1. The van der Waals surface area contributed by atoms with Crippen LogP contribution in [0.3, 0.4) is 0 Å². The quantitative estimate of drug-likeness (QED) is 0.502. The summed E-state index contributed by atoms with van der Waals surface area (Å²) in [6.07, 6.45) is 2.58. The van der Waals surface area contributed by atoms with E-state index < -0.39 is 28.5 Å². The average Bonchev–Trinajstić information content (AvgIpc) is 2.87. The van der Waals surface area contributed by atoms with Gasteiger partial charge in [0.2, 0.25) is 10.0 Å². The van der Waals surface area contributed by atoms with Gasteiger partial charge in [0.05, 0.1) is 14.2 Å². The predicted octanol–water partition coefficient (Wildman–Crippen LogP) is 2.44. The monoisotopic (exact) mass is 492 g/mol. The Morgan fingerprint density at radius 3 is 2.24 bits per heavy atom. The van der Waals surface area contributed by atoms with Gasteiger partial charge in [-0.25, -0.2) is 13.2 Å². The van der Waals surface area contributed by atoms with Crippen molar-refractivity contribution in [3.63, 3.8) is 0 Å². The molecule has 0 bridgehead atoms. The van der Waals surface area contributed by atoms with Crippen molar-refractivity contribution in [2.24, 2.45) is 0 Å². The molecule has 0 aliphatic carbocycles. The van der Waals surface area contributed by atoms with Crippen LogP contribution in [0, 0.1) is 0 Å². The van der Waals surface area contributed by atoms with Crippen LogP contribution in [0.5, 0.6) is 17.2 Å². The summed E-state index contributed by atoms with van der Waals surface area (Å²) in [6.45, 7) is -0.0430. The molecule has 1 fully saturated rings. The number of methoxy groups -OCH3 is 2. The summed E-state index contributed by atoms with van der Waals surface area (Å²) in [4.78, 5) is 24.1. The Kier molecular flexibility index (Phi) is 8.72. The summed E-state index contributed by atoms with van der Waals surface area (Å²) in [5, 5.41) is 2.54. The Balaban J connectivity index is 1.55. The minimum absolute atomic E-state index is 0.0282. The molecule has 34 heavy (non-hydrogen) atoms. The molecule has 11 heteroatoms. The van der Waals surface area contributed by atoms with Crippen LogP contribution in [-0.2, 0) is 24.3 Å². The highest BCUT2D eigenvalue weighted by molar-refractivity contribution is 7.89. The number of ether oxygens (including phenoxy) is 4. The topological polar surface area (TPSA) is 120 Å². The van der Waals surface area contributed by atoms with Crippen molar-refractivity contribution < 1.29 is 37.0 Å². The summed E-state index contributed by atoms with van der Waals surface area (Å²) in [7, 11) is -0.854. The number of benzene rings is 2. The van der Waals surface area contributed by atoms with Crippen LogP contribution in [0.1, 0.15) is 19.3 Å². The minimum Gasteiger partial charge on any atom is -0.497 e. The summed E-state index contributed by atoms with van der Waals surface area (Å²) >= 11 is 0. The highest BCUT2D eigenvalue weighted by Crippen LogP contribution is 2.31. The number of sulfonamides is 1. The van der Waals surface area contributed by atoms with Gasteiger partial charge in [-0.1, -0.05) is 6.42 Å². The second kappa shape index (κ2) is 11.7. The molecule has 3 rings (SSSR count). The molecule has 0 aromatic heterocycles. The van der Waals surface area contributed by atoms with E-state index in [0.717, 1.165) is 19.3 Å². The lowest BCUT2D eigenvalue weighted by atomic mass is 10.2. The lowest BCUT2D eigenvalue weighted by Gasteiger charge is -2.26. The van der Waals surface area contributed by atoms with Gasteiger partial charge in [0, 0.05) is 18.8 Å². The molecule has 2 aromatic carbocycles. The predicted molar refractivity (Wildman–Crippen MR) is 124 cm³/mol. The van der Waals surface area contributed by atoms with E-state index in [9.17, 15) is 18.0 Å². The van der Waals surface area contributed by atoms with Gasteiger partial charge in [-0.3, -0.25) is 4.79 Å². The number of hydrogen-bond donors (Lipinski definition) is 1. The van der Waals surface area contributed by atoms with E-state index >= 15 is 0 Å². The molecule has 0 spiro atoms. The average molecular weight is 493 g/mol. The summed E-state index contributed by atoms with van der Waals surface area (Å²) < 4.78 is 48.1. The van der Waals surface area contributed by atoms with Gasteiger partial charge in [-0.15, -0.1) is 0 Å². The van der Waals surface area contributed by atoms with Crippen LogP contribution in [0.15, 0.2) is 47.4 Å². The Morgan fingerprint density at radius 1 is 0.912 bits per heavy atom. The second-order valence-corrected chi connectivity index (χ2v) is 9.41. The van der Waals surface area contributed by atoms with Crippen molar-refractivity contribution >= 4 is 27.6 Å². The van der Waals surface area contributed by atoms with Gasteiger partial charge in [-0.05, 0) is 55.3 Å². The number of piperidine rings is 1. The second-order valence-electron chi connectivity index (χ2n) is 7.50. The van der Waals surface area contributed by atoms with Crippen molar-refractivity contribution in [2.75, 3.05) is 45.8 Å². The minimum atomic E-state index is -3.78. The van der Waals surface area contributed by atoms with Gasteiger partial charge < -0.3 is 24.3 Å². The lowest BCUT2D eigenvalue weighted by molar-refractivity contribution is -0.149. The van der Waals surface area contributed by atoms with Gasteiger partial charge in [0.15, 0.2) is 13.2 Å². The molecule has 0 radical (unpaired) electrons. The number of nitrogens with one attached hydrogen (secondary N) is 1. The number of carbonyl (C=O) groups excluding carboxylic acids is 2. The molecule has 0 atom stereocenters. The SMILES string of the molecule is COc1ccc(OCC(=O)OCC(=O)Nc2ccc(OC)c(S(=O)(=O)N3CCCCC3)c2)cc1. The molecule has 0 unspecified atom stereocenters. The summed E-state index contributed by atoms with van der Waals surface area (Å²) in [5.41, 5.74) is 0.243. The van der Waals surface area contributed by atoms with E-state index in [2.05, 4.69) is 5.32 Å². The maximum absolute atomic E-state index is 13.1. The summed E-state index contributed by atoms with van der Waals surface area (Å²) in [5.74, 6) is -0.0658. The highest BCUT2D eigenvalue weighted by atomic mass is 32.2. The lowest BCUT2D eigenvalue weighted by Crippen LogP contribution is -2.35. The van der Waals surface area contributed by atoms with Gasteiger partial charge in [0.1, 0.15) is 22.1 Å². The zero-order valence-electron chi connectivity index (χ0n) is 19.1. The number of nitrogens with zero attached hydrogens (tertiary/aromatic N) is 1. The number of carbonyl (C=O) groups is 2. The first kappa shape index (κ1) is 25.3. The van der Waals surface area contributed by atoms with Crippen molar-refractivity contribution in [3.8, 4) is 17.2 Å². The van der Waals surface area contributed by atoms with Crippen molar-refractivity contribution in [1.29, 1.82) is 0 Å². The fourth-order valence-corrected chi connectivity index (χ4v) is 5.10. The number of esters is 1. The van der Waals surface area contributed by atoms with E-state index in [1.807, 2.05) is 0 Å². The zero-order valence-corrected chi connectivity index (χ0v) is 19.9. The van der Waals surface area contributed by atoms with Crippen molar-refractivity contribution in [2.45, 2.75) is 24.2 Å². The highest BCUT2D eigenvalue weighted by Gasteiger charge is 2.29. The Hall–Kier alpha value is -3.31. The smallest absolute Gasteiger partial charge is 0.344 e. The first-order valence-corrected chi connectivity index (χ1v) is 12.2. The van der Waals surface area contributed by atoms with Crippen molar-refractivity contribution in [3.05, 3.63) is 42.5 Å². The Bertz CT molecular complexity index is 1100. The number of amides is 1. The third kappa shape index (κ3) is 6.61. The largest absolute Gasteiger partial charge is 0.497 e. The van der Waals surface area contributed by atoms with E-state index in [0.29, 0.717) is 24.6 Å². The van der Waals surface area contributed by atoms with E-state index in [4.69, 9.17) is 18.9 Å². The van der Waals surface area contributed by atoms with Crippen LogP contribution < -0.4 is 19.5 Å². The third-order valence-corrected chi connectivity index (χ3v) is 7.08. The fourth-order valence-electron chi connectivity index (χ4n) is 3.40. The Labute approximate surface area is 198 Å². The van der Waals surface area contributed by atoms with Crippen molar-refractivity contribution in [1.82, 2.24) is 4.31 Å². The molecule has 1 N–H and O–H groups in total. The summed E-state index contributed by atoms with van der Waals surface area (Å²) in [6, 6.07) is 11.0. The molecule has 2 aromatic rings. The molecular formula is C23H28N2O8S. The molecule has 0 saturated carbocycles. The normalized spacial score (nSPS) is 14.2. The van der Waals surface area contributed by atoms with Crippen LogP contribution in [0.4, 0.5) is 5.69 Å². The maximum Gasteiger partial charge on any atom is 0.344 e. The third-order valence-electron chi connectivity index (χ3n) is 5.16. The van der Waals surface area contributed by atoms with Crippen LogP contribution in [0.2, 0.25) is 0 Å². The molecule has 184 valence electrons. The first-order chi connectivity index (χ1) is 16.3. The van der Waals surface area contributed by atoms with E-state index in [1.54, 1.807) is 31.4 Å². The van der Waals surface area contributed by atoms with Gasteiger partial charge in [-0.2, -0.15) is 4.31 Å². The van der Waals surface area contributed by atoms with E-state index in [1.165, 1.54) is 29.6 Å². The van der Waals surface area contributed by atoms with Gasteiger partial charge in [0.25, 0.3) is 5.91 Å². The molecule has 10 nitrogen and oxygen atoms in total. The van der Waals surface area contributed by atoms with Crippen LogP contribution >= 0.6 is 0 Å². The van der Waals surface area contributed by atoms with Crippen LogP contribution in [0.25, 0.3) is 0 Å². The molecule has 1 aliphatic heterocycles. The zero-order chi connectivity index (χ0) is 24.6. The molecule has 1 aliphatic rings. The number of hydrogen-bond acceptors (Lipinski definition) is 8.